The molecule has 0 aromatic heterocycles. The van der Waals surface area contributed by atoms with Crippen LogP contribution in [0.2, 0.25) is 0 Å². The number of benzene rings is 1. The lowest BCUT2D eigenvalue weighted by molar-refractivity contribution is -0.137. The molecule has 0 aliphatic carbocycles. The van der Waals surface area contributed by atoms with E-state index in [1.807, 2.05) is 0 Å². The largest absolute Gasteiger partial charge is 0.376 e. The van der Waals surface area contributed by atoms with E-state index >= 15 is 0 Å². The second kappa shape index (κ2) is 10.1. The van der Waals surface area contributed by atoms with Gasteiger partial charge in [0.25, 0.3) is 0 Å². The maximum atomic E-state index is 13.0. The summed E-state index contributed by atoms with van der Waals surface area (Å²) in [5.74, 6) is 0.447. The van der Waals surface area contributed by atoms with E-state index in [1.54, 1.807) is 0 Å². The molecule has 3 rings (SSSR count). The Morgan fingerprint density at radius 3 is 2.68 bits per heavy atom. The molecule has 2 aliphatic rings. The fourth-order valence-corrected chi connectivity index (χ4v) is 3.67. The summed E-state index contributed by atoms with van der Waals surface area (Å²) in [5, 5.41) is 3.37. The third-order valence-corrected chi connectivity index (χ3v) is 5.20. The standard InChI is InChI=1S/C20H30N2O2.ClH/c1-16-6-8-17(9-7-16)10-12-22(15-19-5-3-13-24-19)20(23)18-4-2-11-21-14-18;/h6-9,18-19,21H,2-5,10-15H2,1H3;1H. The first-order valence-electron chi connectivity index (χ1n) is 9.39. The molecule has 1 amide bonds. The Hall–Kier alpha value is -1.10. The van der Waals surface area contributed by atoms with Crippen molar-refractivity contribution in [2.24, 2.45) is 5.92 Å². The summed E-state index contributed by atoms with van der Waals surface area (Å²) < 4.78 is 5.78. The van der Waals surface area contributed by atoms with E-state index in [-0.39, 0.29) is 24.4 Å². The van der Waals surface area contributed by atoms with Crippen LogP contribution in [0.3, 0.4) is 0 Å². The SMILES string of the molecule is Cc1ccc(CCN(CC2CCCO2)C(=O)C2CCCNC2)cc1.Cl. The van der Waals surface area contributed by atoms with Gasteiger partial charge in [0.05, 0.1) is 12.0 Å². The molecule has 0 saturated carbocycles. The van der Waals surface area contributed by atoms with E-state index in [1.165, 1.54) is 11.1 Å². The fourth-order valence-electron chi connectivity index (χ4n) is 3.67. The van der Waals surface area contributed by atoms with E-state index in [2.05, 4.69) is 41.4 Å². The molecule has 2 unspecified atom stereocenters. The number of piperidine rings is 1. The predicted molar refractivity (Wildman–Crippen MR) is 103 cm³/mol. The second-order valence-corrected chi connectivity index (χ2v) is 7.20. The van der Waals surface area contributed by atoms with Crippen LogP contribution in [0, 0.1) is 12.8 Å². The van der Waals surface area contributed by atoms with E-state index < -0.39 is 0 Å². The topological polar surface area (TPSA) is 41.6 Å². The Bertz CT molecular complexity index is 523. The first-order chi connectivity index (χ1) is 11.7. The van der Waals surface area contributed by atoms with Crippen LogP contribution in [0.4, 0.5) is 0 Å². The normalized spacial score (nSPS) is 23.1. The summed E-state index contributed by atoms with van der Waals surface area (Å²) in [4.78, 5) is 15.1. The molecular formula is C20H31ClN2O2. The van der Waals surface area contributed by atoms with Crippen LogP contribution < -0.4 is 5.32 Å². The van der Waals surface area contributed by atoms with Crippen molar-refractivity contribution >= 4 is 18.3 Å². The zero-order chi connectivity index (χ0) is 16.8. The van der Waals surface area contributed by atoms with Gasteiger partial charge >= 0.3 is 0 Å². The number of ether oxygens (including phenoxy) is 1. The highest BCUT2D eigenvalue weighted by molar-refractivity contribution is 5.85. The lowest BCUT2D eigenvalue weighted by Gasteiger charge is -2.31. The van der Waals surface area contributed by atoms with E-state index in [0.717, 1.165) is 64.9 Å². The number of halogens is 1. The lowest BCUT2D eigenvalue weighted by atomic mass is 9.97. The van der Waals surface area contributed by atoms with Gasteiger partial charge in [-0.25, -0.2) is 0 Å². The first-order valence-corrected chi connectivity index (χ1v) is 9.39. The number of nitrogens with zero attached hydrogens (tertiary/aromatic N) is 1. The Morgan fingerprint density at radius 2 is 2.04 bits per heavy atom. The van der Waals surface area contributed by atoms with E-state index in [0.29, 0.717) is 5.91 Å². The molecule has 2 heterocycles. The third-order valence-electron chi connectivity index (χ3n) is 5.20. The Labute approximate surface area is 157 Å². The molecule has 0 bridgehead atoms. The Kier molecular flexibility index (Phi) is 8.20. The minimum absolute atomic E-state index is 0. The third kappa shape index (κ3) is 5.98. The van der Waals surface area contributed by atoms with Crippen LogP contribution in [0.15, 0.2) is 24.3 Å². The minimum Gasteiger partial charge on any atom is -0.376 e. The average Bonchev–Trinajstić information content (AvgIpc) is 3.13. The highest BCUT2D eigenvalue weighted by Crippen LogP contribution is 2.18. The van der Waals surface area contributed by atoms with Crippen LogP contribution in [0.25, 0.3) is 0 Å². The van der Waals surface area contributed by atoms with Crippen molar-refractivity contribution in [3.05, 3.63) is 35.4 Å². The average molecular weight is 367 g/mol. The Morgan fingerprint density at radius 1 is 1.24 bits per heavy atom. The van der Waals surface area contributed by atoms with Gasteiger partial charge < -0.3 is 15.0 Å². The molecular weight excluding hydrogens is 336 g/mol. The van der Waals surface area contributed by atoms with Crippen LogP contribution in [-0.2, 0) is 16.0 Å². The van der Waals surface area contributed by atoms with Crippen molar-refractivity contribution < 1.29 is 9.53 Å². The summed E-state index contributed by atoms with van der Waals surface area (Å²) in [5.41, 5.74) is 2.58. The molecule has 2 aliphatic heterocycles. The molecule has 25 heavy (non-hydrogen) atoms. The summed E-state index contributed by atoms with van der Waals surface area (Å²) in [6, 6.07) is 8.64. The molecule has 2 atom stereocenters. The van der Waals surface area contributed by atoms with Crippen LogP contribution >= 0.6 is 12.4 Å². The van der Waals surface area contributed by atoms with Gasteiger partial charge in [0.2, 0.25) is 5.91 Å². The van der Waals surface area contributed by atoms with Crippen molar-refractivity contribution in [3.8, 4) is 0 Å². The van der Waals surface area contributed by atoms with E-state index in [9.17, 15) is 4.79 Å². The van der Waals surface area contributed by atoms with Crippen LogP contribution in [0.5, 0.6) is 0 Å². The van der Waals surface area contributed by atoms with Crippen molar-refractivity contribution in [1.29, 1.82) is 0 Å². The predicted octanol–water partition coefficient (Wildman–Crippen LogP) is 2.97. The van der Waals surface area contributed by atoms with Gasteiger partial charge in [-0.3, -0.25) is 4.79 Å². The summed E-state index contributed by atoms with van der Waals surface area (Å²) in [7, 11) is 0. The zero-order valence-corrected chi connectivity index (χ0v) is 16.0. The van der Waals surface area contributed by atoms with Crippen LogP contribution in [-0.4, -0.2) is 49.7 Å². The number of amides is 1. The molecule has 5 heteroatoms. The summed E-state index contributed by atoms with van der Waals surface area (Å²) in [6.07, 6.45) is 5.45. The van der Waals surface area contributed by atoms with Crippen molar-refractivity contribution in [2.75, 3.05) is 32.8 Å². The van der Waals surface area contributed by atoms with Gasteiger partial charge in [-0.1, -0.05) is 29.8 Å². The highest BCUT2D eigenvalue weighted by Gasteiger charge is 2.28. The molecule has 1 N–H and O–H groups in total. The number of hydrogen-bond acceptors (Lipinski definition) is 3. The maximum Gasteiger partial charge on any atom is 0.227 e. The van der Waals surface area contributed by atoms with Gasteiger partial charge in [-0.05, 0) is 51.1 Å². The Balaban J connectivity index is 0.00000225. The molecule has 0 spiro atoms. The number of carbonyl (C=O) groups is 1. The number of rotatable bonds is 6. The molecule has 4 nitrogen and oxygen atoms in total. The van der Waals surface area contributed by atoms with Gasteiger partial charge in [-0.15, -0.1) is 12.4 Å². The molecule has 1 aromatic carbocycles. The van der Waals surface area contributed by atoms with Crippen molar-refractivity contribution in [2.45, 2.75) is 45.1 Å². The zero-order valence-electron chi connectivity index (χ0n) is 15.2. The fraction of sp³-hybridized carbons (Fsp3) is 0.650. The second-order valence-electron chi connectivity index (χ2n) is 7.20. The smallest absolute Gasteiger partial charge is 0.227 e. The summed E-state index contributed by atoms with van der Waals surface area (Å²) >= 11 is 0. The van der Waals surface area contributed by atoms with Gasteiger partial charge in [0.1, 0.15) is 0 Å². The van der Waals surface area contributed by atoms with E-state index in [4.69, 9.17) is 4.74 Å². The quantitative estimate of drug-likeness (QED) is 0.841. The number of carbonyl (C=O) groups excluding carboxylic acids is 1. The molecule has 2 saturated heterocycles. The molecule has 140 valence electrons. The minimum atomic E-state index is 0. The molecule has 1 aromatic rings. The van der Waals surface area contributed by atoms with Gasteiger partial charge in [0.15, 0.2) is 0 Å². The van der Waals surface area contributed by atoms with Crippen LogP contribution in [0.1, 0.15) is 36.8 Å². The maximum absolute atomic E-state index is 13.0. The highest BCUT2D eigenvalue weighted by atomic mass is 35.5. The molecule has 0 radical (unpaired) electrons. The van der Waals surface area contributed by atoms with Crippen molar-refractivity contribution in [3.63, 3.8) is 0 Å². The van der Waals surface area contributed by atoms with Gasteiger partial charge in [-0.2, -0.15) is 0 Å². The lowest BCUT2D eigenvalue weighted by Crippen LogP contribution is -2.46. The number of hydrogen-bond donors (Lipinski definition) is 1. The number of aryl methyl sites for hydroxylation is 1. The number of nitrogens with one attached hydrogen (secondary N) is 1. The first kappa shape index (κ1) is 20.2. The van der Waals surface area contributed by atoms with Crippen molar-refractivity contribution in [1.82, 2.24) is 10.2 Å². The summed E-state index contributed by atoms with van der Waals surface area (Å²) in [6.45, 7) is 6.35. The molecule has 2 fully saturated rings. The van der Waals surface area contributed by atoms with Gasteiger partial charge in [0, 0.05) is 26.2 Å². The monoisotopic (exact) mass is 366 g/mol.